The molecular weight excluding hydrogens is 532 g/mol. The average molecular weight is 571 g/mol. The monoisotopic (exact) mass is 570 g/mol. The predicted octanol–water partition coefficient (Wildman–Crippen LogP) is 5.26. The summed E-state index contributed by atoms with van der Waals surface area (Å²) in [6.07, 6.45) is 3.29. The van der Waals surface area contributed by atoms with Gasteiger partial charge in [0.15, 0.2) is 13.2 Å². The number of nitrogens with one attached hydrogen (secondary N) is 2. The lowest BCUT2D eigenvalue weighted by Crippen LogP contribution is -2.30. The number of rotatable bonds is 0. The van der Waals surface area contributed by atoms with Crippen molar-refractivity contribution in [3.05, 3.63) is 72.8 Å². The maximum Gasteiger partial charge on any atom is 0.257 e. The number of hydrogen-bond acceptors (Lipinski definition) is 6. The van der Waals surface area contributed by atoms with Crippen LogP contribution >= 0.6 is 0 Å². The SMILES string of the molecule is O=C1COc2ccc3ccccc3c2-c2c(ccc3ccccc23)OCC(=O)NCCCOCCCCOCCCN1. The highest BCUT2D eigenvalue weighted by atomic mass is 16.5. The highest BCUT2D eigenvalue weighted by Crippen LogP contribution is 2.45. The molecule has 8 nitrogen and oxygen atoms in total. The van der Waals surface area contributed by atoms with Crippen molar-refractivity contribution in [1.82, 2.24) is 10.6 Å². The standard InChI is InChI=1S/C34H38N2O6/c37-31-23-41-29-15-13-25-9-1-3-11-27(25)33(29)34-28-12-4-2-10-26(28)14-16-30(34)42-24-32(38)36-18-8-22-40-20-6-5-19-39-21-7-17-35-31/h1-4,9-16H,5-8,17-24H2,(H,35,37)(H,36,38). The average Bonchev–Trinajstić information content (AvgIpc) is 3.02. The molecule has 220 valence electrons. The second-order valence-corrected chi connectivity index (χ2v) is 10.2. The van der Waals surface area contributed by atoms with Crippen molar-refractivity contribution in [1.29, 1.82) is 0 Å². The van der Waals surface area contributed by atoms with Crippen LogP contribution in [0, 0.1) is 0 Å². The molecule has 0 bridgehead atoms. The van der Waals surface area contributed by atoms with Crippen molar-refractivity contribution >= 4 is 33.4 Å². The third kappa shape index (κ3) is 7.78. The van der Waals surface area contributed by atoms with E-state index in [4.69, 9.17) is 18.9 Å². The van der Waals surface area contributed by atoms with Gasteiger partial charge in [-0.1, -0.05) is 60.7 Å². The Labute approximate surface area is 246 Å². The van der Waals surface area contributed by atoms with Crippen molar-refractivity contribution < 1.29 is 28.5 Å². The van der Waals surface area contributed by atoms with Gasteiger partial charge in [-0.3, -0.25) is 9.59 Å². The molecule has 0 aromatic heterocycles. The maximum absolute atomic E-state index is 12.7. The molecule has 0 fully saturated rings. The molecule has 2 N–H and O–H groups in total. The van der Waals surface area contributed by atoms with E-state index in [1.807, 2.05) is 72.8 Å². The minimum Gasteiger partial charge on any atom is -0.483 e. The third-order valence-corrected chi connectivity index (χ3v) is 7.15. The Bertz CT molecular complexity index is 1390. The first-order chi connectivity index (χ1) is 20.7. The lowest BCUT2D eigenvalue weighted by atomic mass is 9.92. The fourth-order valence-corrected chi connectivity index (χ4v) is 5.06. The van der Waals surface area contributed by atoms with E-state index in [0.717, 1.165) is 58.4 Å². The molecule has 0 saturated heterocycles. The Morgan fingerprint density at radius 3 is 1.40 bits per heavy atom. The van der Waals surface area contributed by atoms with E-state index < -0.39 is 0 Å². The number of hydrogen-bond donors (Lipinski definition) is 2. The van der Waals surface area contributed by atoms with Gasteiger partial charge in [0.25, 0.3) is 11.8 Å². The van der Waals surface area contributed by atoms with Crippen LogP contribution in [-0.4, -0.2) is 64.5 Å². The molecule has 4 aromatic carbocycles. The van der Waals surface area contributed by atoms with Gasteiger partial charge in [-0.25, -0.2) is 0 Å². The Hall–Kier alpha value is -4.14. The Morgan fingerprint density at radius 2 is 0.929 bits per heavy atom. The lowest BCUT2D eigenvalue weighted by Gasteiger charge is -2.19. The number of ether oxygens (including phenoxy) is 4. The van der Waals surface area contributed by atoms with E-state index in [0.29, 0.717) is 51.0 Å². The summed E-state index contributed by atoms with van der Waals surface area (Å²) in [5.41, 5.74) is 1.63. The molecule has 4 aromatic rings. The van der Waals surface area contributed by atoms with Crippen LogP contribution < -0.4 is 20.1 Å². The number of benzene rings is 4. The maximum atomic E-state index is 12.7. The second-order valence-electron chi connectivity index (χ2n) is 10.2. The minimum atomic E-state index is -0.202. The van der Waals surface area contributed by atoms with Gasteiger partial charge in [0.2, 0.25) is 0 Å². The Morgan fingerprint density at radius 1 is 0.500 bits per heavy atom. The lowest BCUT2D eigenvalue weighted by molar-refractivity contribution is -0.123. The van der Waals surface area contributed by atoms with Gasteiger partial charge in [0.1, 0.15) is 11.5 Å². The summed E-state index contributed by atoms with van der Waals surface area (Å²) < 4.78 is 23.7. The summed E-state index contributed by atoms with van der Waals surface area (Å²) in [6, 6.07) is 23.8. The van der Waals surface area contributed by atoms with Crippen LogP contribution in [0.15, 0.2) is 72.8 Å². The predicted molar refractivity (Wildman–Crippen MR) is 164 cm³/mol. The molecule has 1 aliphatic rings. The summed E-state index contributed by atoms with van der Waals surface area (Å²) >= 11 is 0. The van der Waals surface area contributed by atoms with Crippen molar-refractivity contribution in [3.8, 4) is 22.6 Å². The summed E-state index contributed by atoms with van der Waals surface area (Å²) in [5.74, 6) is 0.721. The van der Waals surface area contributed by atoms with E-state index in [1.165, 1.54) is 0 Å². The van der Waals surface area contributed by atoms with Crippen molar-refractivity contribution in [2.45, 2.75) is 25.7 Å². The number of carbonyl (C=O) groups excluding carboxylic acids is 2. The Balaban J connectivity index is 1.48. The molecule has 8 heteroatoms. The Kier molecular flexibility index (Phi) is 10.6. The first-order valence-electron chi connectivity index (χ1n) is 14.7. The van der Waals surface area contributed by atoms with E-state index in [9.17, 15) is 9.59 Å². The van der Waals surface area contributed by atoms with Crippen LogP contribution in [0.25, 0.3) is 32.7 Å². The second kappa shape index (κ2) is 15.2. The van der Waals surface area contributed by atoms with Crippen molar-refractivity contribution in [3.63, 3.8) is 0 Å². The van der Waals surface area contributed by atoms with Crippen molar-refractivity contribution in [2.75, 3.05) is 52.7 Å². The molecule has 5 rings (SSSR count). The highest BCUT2D eigenvalue weighted by Gasteiger charge is 2.20. The van der Waals surface area contributed by atoms with Gasteiger partial charge in [-0.2, -0.15) is 0 Å². The van der Waals surface area contributed by atoms with Crippen LogP contribution in [0.3, 0.4) is 0 Å². The first-order valence-corrected chi connectivity index (χ1v) is 14.7. The van der Waals surface area contributed by atoms with Gasteiger partial charge < -0.3 is 29.6 Å². The molecule has 2 amide bonds. The van der Waals surface area contributed by atoms with Crippen LogP contribution in [0.5, 0.6) is 11.5 Å². The molecule has 0 atom stereocenters. The molecule has 1 aliphatic heterocycles. The van der Waals surface area contributed by atoms with E-state index in [2.05, 4.69) is 10.6 Å². The van der Waals surface area contributed by atoms with E-state index in [1.54, 1.807) is 0 Å². The number of carbonyl (C=O) groups is 2. The summed E-state index contributed by atoms with van der Waals surface area (Å²) in [6.45, 7) is 3.26. The van der Waals surface area contributed by atoms with Crippen LogP contribution in [0.4, 0.5) is 0 Å². The minimum absolute atomic E-state index is 0.129. The van der Waals surface area contributed by atoms with Gasteiger partial charge in [-0.05, 0) is 59.4 Å². The quantitative estimate of drug-likeness (QED) is 0.300. The van der Waals surface area contributed by atoms with Crippen molar-refractivity contribution in [2.24, 2.45) is 0 Å². The van der Waals surface area contributed by atoms with E-state index in [-0.39, 0.29) is 25.0 Å². The molecule has 1 heterocycles. The molecule has 0 saturated carbocycles. The van der Waals surface area contributed by atoms with Crippen LogP contribution in [0.2, 0.25) is 0 Å². The fraction of sp³-hybridized carbons (Fsp3) is 0.353. The van der Waals surface area contributed by atoms with Crippen LogP contribution in [0.1, 0.15) is 25.7 Å². The molecule has 0 aliphatic carbocycles. The van der Waals surface area contributed by atoms with Gasteiger partial charge in [0, 0.05) is 50.6 Å². The third-order valence-electron chi connectivity index (χ3n) is 7.15. The molecule has 42 heavy (non-hydrogen) atoms. The van der Waals surface area contributed by atoms with Crippen LogP contribution in [-0.2, 0) is 19.1 Å². The normalized spacial score (nSPS) is 17.0. The van der Waals surface area contributed by atoms with Gasteiger partial charge in [-0.15, -0.1) is 0 Å². The fourth-order valence-electron chi connectivity index (χ4n) is 5.06. The van der Waals surface area contributed by atoms with E-state index >= 15 is 0 Å². The molecule has 0 radical (unpaired) electrons. The topological polar surface area (TPSA) is 95.1 Å². The first kappa shape index (κ1) is 29.4. The molecule has 0 spiro atoms. The summed E-state index contributed by atoms with van der Waals surface area (Å²) in [4.78, 5) is 25.4. The molecule has 0 unspecified atom stereocenters. The number of fused-ring (bicyclic) bond motifs is 7. The number of amides is 2. The smallest absolute Gasteiger partial charge is 0.257 e. The zero-order chi connectivity index (χ0) is 29.0. The highest BCUT2D eigenvalue weighted by molar-refractivity contribution is 6.09. The zero-order valence-corrected chi connectivity index (χ0v) is 23.9. The van der Waals surface area contributed by atoms with Gasteiger partial charge >= 0.3 is 0 Å². The molecular formula is C34H38N2O6. The summed E-state index contributed by atoms with van der Waals surface area (Å²) in [7, 11) is 0. The zero-order valence-electron chi connectivity index (χ0n) is 23.9. The largest absolute Gasteiger partial charge is 0.483 e. The summed E-state index contributed by atoms with van der Waals surface area (Å²) in [5, 5.41) is 9.81. The van der Waals surface area contributed by atoms with Gasteiger partial charge in [0.05, 0.1) is 0 Å².